The molecule has 2 aromatic rings. The lowest BCUT2D eigenvalue weighted by atomic mass is 9.93. The number of nitrogens with two attached hydrogens (primary N) is 1. The number of aryl methyl sites for hydroxylation is 1. The highest BCUT2D eigenvalue weighted by molar-refractivity contribution is 5.61. The van der Waals surface area contributed by atoms with Crippen molar-refractivity contribution in [3.63, 3.8) is 0 Å². The Morgan fingerprint density at radius 2 is 1.96 bits per heavy atom. The molecule has 2 heterocycles. The number of aromatic nitrogens is 2. The zero-order valence-electron chi connectivity index (χ0n) is 15.1. The van der Waals surface area contributed by atoms with Crippen LogP contribution in [0.3, 0.4) is 0 Å². The highest BCUT2D eigenvalue weighted by Gasteiger charge is 2.20. The number of alkyl halides is 2. The first-order valence-corrected chi connectivity index (χ1v) is 8.28. The molecule has 0 fully saturated rings. The number of nitrogens with zero attached hydrogens (tertiary/aromatic N) is 2. The minimum absolute atomic E-state index is 0.117. The molecule has 4 nitrogen and oxygen atoms in total. The monoisotopic (exact) mass is 349 g/mol. The molecule has 1 unspecified atom stereocenters. The second-order valence-corrected chi connectivity index (χ2v) is 7.20. The van der Waals surface area contributed by atoms with Crippen LogP contribution in [0.15, 0.2) is 30.6 Å². The van der Waals surface area contributed by atoms with Crippen LogP contribution in [0.25, 0.3) is 11.3 Å². The summed E-state index contributed by atoms with van der Waals surface area (Å²) in [5, 5.41) is 0. The Morgan fingerprint density at radius 3 is 2.56 bits per heavy atom. The molecule has 0 bridgehead atoms. The van der Waals surface area contributed by atoms with Gasteiger partial charge in [-0.05, 0) is 51.3 Å². The fourth-order valence-electron chi connectivity index (χ4n) is 2.80. The van der Waals surface area contributed by atoms with Gasteiger partial charge in [0.15, 0.2) is 0 Å². The number of hydrogen-bond acceptors (Lipinski definition) is 4. The Kier molecular flexibility index (Phi) is 6.06. The smallest absolute Gasteiger partial charge is 0.267 e. The van der Waals surface area contributed by atoms with E-state index in [0.29, 0.717) is 12.3 Å². The van der Waals surface area contributed by atoms with Gasteiger partial charge in [-0.25, -0.2) is 8.78 Å². The van der Waals surface area contributed by atoms with E-state index >= 15 is 0 Å². The molecule has 0 aliphatic heterocycles. The zero-order chi connectivity index (χ0) is 18.6. The maximum atomic E-state index is 13.5. The SMILES string of the molecule is Cc1cc(-c2cc(C(F)F)c(OCC(C)CC(C)(C)N)cn2)ccn1. The number of rotatable bonds is 7. The Morgan fingerprint density at radius 1 is 1.24 bits per heavy atom. The number of hydrogen-bond donors (Lipinski definition) is 1. The quantitative estimate of drug-likeness (QED) is 0.798. The molecule has 6 heteroatoms. The Balaban J connectivity index is 2.19. The molecule has 2 rings (SSSR count). The van der Waals surface area contributed by atoms with Crippen molar-refractivity contribution in [1.82, 2.24) is 9.97 Å². The molecule has 0 radical (unpaired) electrons. The molecule has 2 aromatic heterocycles. The van der Waals surface area contributed by atoms with Gasteiger partial charge in [-0.3, -0.25) is 9.97 Å². The molecule has 25 heavy (non-hydrogen) atoms. The highest BCUT2D eigenvalue weighted by atomic mass is 19.3. The lowest BCUT2D eigenvalue weighted by Crippen LogP contribution is -2.35. The summed E-state index contributed by atoms with van der Waals surface area (Å²) < 4.78 is 32.5. The lowest BCUT2D eigenvalue weighted by Gasteiger charge is -2.23. The molecule has 0 amide bonds. The molecule has 2 N–H and O–H groups in total. The first-order chi connectivity index (χ1) is 11.7. The minimum Gasteiger partial charge on any atom is -0.491 e. The molecule has 0 spiro atoms. The van der Waals surface area contributed by atoms with E-state index in [-0.39, 0.29) is 22.8 Å². The molecule has 0 aliphatic rings. The number of halogens is 2. The van der Waals surface area contributed by atoms with E-state index in [4.69, 9.17) is 10.5 Å². The van der Waals surface area contributed by atoms with Crippen molar-refractivity contribution < 1.29 is 13.5 Å². The summed E-state index contributed by atoms with van der Waals surface area (Å²) in [6.45, 7) is 8.01. The first kappa shape index (κ1) is 19.2. The van der Waals surface area contributed by atoms with Crippen LogP contribution < -0.4 is 10.5 Å². The molecule has 0 saturated heterocycles. The lowest BCUT2D eigenvalue weighted by molar-refractivity contribution is 0.142. The highest BCUT2D eigenvalue weighted by Crippen LogP contribution is 2.32. The third-order valence-electron chi connectivity index (χ3n) is 3.72. The van der Waals surface area contributed by atoms with Gasteiger partial charge in [0.1, 0.15) is 5.75 Å². The van der Waals surface area contributed by atoms with E-state index in [1.54, 1.807) is 12.3 Å². The fraction of sp³-hybridized carbons (Fsp3) is 0.474. The maximum absolute atomic E-state index is 13.5. The van der Waals surface area contributed by atoms with Crippen LogP contribution in [0, 0.1) is 12.8 Å². The third-order valence-corrected chi connectivity index (χ3v) is 3.72. The fourth-order valence-corrected chi connectivity index (χ4v) is 2.80. The largest absolute Gasteiger partial charge is 0.491 e. The van der Waals surface area contributed by atoms with Gasteiger partial charge in [0.05, 0.1) is 24.1 Å². The zero-order valence-corrected chi connectivity index (χ0v) is 15.1. The van der Waals surface area contributed by atoms with Crippen LogP contribution >= 0.6 is 0 Å². The van der Waals surface area contributed by atoms with E-state index in [1.807, 2.05) is 33.8 Å². The van der Waals surface area contributed by atoms with Crippen molar-refractivity contribution in [2.45, 2.75) is 46.1 Å². The Bertz CT molecular complexity index is 714. The minimum atomic E-state index is -2.64. The van der Waals surface area contributed by atoms with Crippen molar-refractivity contribution in [3.05, 3.63) is 41.9 Å². The van der Waals surface area contributed by atoms with E-state index in [2.05, 4.69) is 9.97 Å². The van der Waals surface area contributed by atoms with Crippen molar-refractivity contribution in [2.75, 3.05) is 6.61 Å². The standard InChI is InChI=1S/C19H25F2N3O/c1-12(9-19(3,4)22)11-25-17-10-24-16(8-15(17)18(20)21)14-5-6-23-13(2)7-14/h5-8,10,12,18H,9,11,22H2,1-4H3. The maximum Gasteiger partial charge on any atom is 0.267 e. The molecule has 0 aliphatic carbocycles. The van der Waals surface area contributed by atoms with Crippen molar-refractivity contribution in [2.24, 2.45) is 11.7 Å². The predicted octanol–water partition coefficient (Wildman–Crippen LogP) is 4.53. The normalized spacial score (nSPS) is 13.1. The molecule has 136 valence electrons. The summed E-state index contributed by atoms with van der Waals surface area (Å²) in [4.78, 5) is 8.38. The second kappa shape index (κ2) is 7.87. The van der Waals surface area contributed by atoms with Gasteiger partial charge in [0.25, 0.3) is 6.43 Å². The summed E-state index contributed by atoms with van der Waals surface area (Å²) >= 11 is 0. The van der Waals surface area contributed by atoms with Crippen LogP contribution in [-0.4, -0.2) is 22.1 Å². The molecule has 1 atom stereocenters. The number of ether oxygens (including phenoxy) is 1. The second-order valence-electron chi connectivity index (χ2n) is 7.20. The molecule has 0 aromatic carbocycles. The van der Waals surface area contributed by atoms with E-state index < -0.39 is 6.43 Å². The van der Waals surface area contributed by atoms with Gasteiger partial charge >= 0.3 is 0 Å². The van der Waals surface area contributed by atoms with Gasteiger partial charge in [0, 0.05) is 23.0 Å². The Hall–Kier alpha value is -2.08. The van der Waals surface area contributed by atoms with Gasteiger partial charge in [-0.1, -0.05) is 6.92 Å². The molecular formula is C19H25F2N3O. The van der Waals surface area contributed by atoms with Gasteiger partial charge in [-0.15, -0.1) is 0 Å². The Labute approximate surface area is 147 Å². The van der Waals surface area contributed by atoms with Gasteiger partial charge in [0.2, 0.25) is 0 Å². The van der Waals surface area contributed by atoms with Crippen LogP contribution in [0.2, 0.25) is 0 Å². The predicted molar refractivity (Wildman–Crippen MR) is 94.7 cm³/mol. The van der Waals surface area contributed by atoms with Crippen molar-refractivity contribution >= 4 is 0 Å². The summed E-state index contributed by atoms with van der Waals surface area (Å²) in [5.74, 6) is 0.263. The van der Waals surface area contributed by atoms with E-state index in [0.717, 1.165) is 17.7 Å². The number of pyridine rings is 2. The van der Waals surface area contributed by atoms with Crippen LogP contribution in [0.5, 0.6) is 5.75 Å². The van der Waals surface area contributed by atoms with Gasteiger partial charge in [-0.2, -0.15) is 0 Å². The van der Waals surface area contributed by atoms with E-state index in [1.165, 1.54) is 12.3 Å². The summed E-state index contributed by atoms with van der Waals surface area (Å²) in [7, 11) is 0. The van der Waals surface area contributed by atoms with Crippen LogP contribution in [-0.2, 0) is 0 Å². The third kappa shape index (κ3) is 5.74. The average molecular weight is 349 g/mol. The van der Waals surface area contributed by atoms with Gasteiger partial charge < -0.3 is 10.5 Å². The van der Waals surface area contributed by atoms with Crippen molar-refractivity contribution in [1.29, 1.82) is 0 Å². The first-order valence-electron chi connectivity index (χ1n) is 8.28. The molecule has 0 saturated carbocycles. The van der Waals surface area contributed by atoms with Crippen LogP contribution in [0.1, 0.15) is 44.9 Å². The van der Waals surface area contributed by atoms with E-state index in [9.17, 15) is 8.78 Å². The summed E-state index contributed by atoms with van der Waals surface area (Å²) in [6, 6.07) is 4.94. The summed E-state index contributed by atoms with van der Waals surface area (Å²) in [5.41, 5.74) is 7.54. The van der Waals surface area contributed by atoms with Crippen molar-refractivity contribution in [3.8, 4) is 17.0 Å². The van der Waals surface area contributed by atoms with Crippen LogP contribution in [0.4, 0.5) is 8.78 Å². The average Bonchev–Trinajstić information content (AvgIpc) is 2.51. The topological polar surface area (TPSA) is 61.0 Å². The molecular weight excluding hydrogens is 324 g/mol. The summed E-state index contributed by atoms with van der Waals surface area (Å²) in [6.07, 6.45) is 1.10.